The molecule has 0 spiro atoms. The van der Waals surface area contributed by atoms with Crippen molar-refractivity contribution in [1.82, 2.24) is 0 Å². The lowest BCUT2D eigenvalue weighted by molar-refractivity contribution is -0.139. The van der Waals surface area contributed by atoms with Crippen LogP contribution in [-0.2, 0) is 14.3 Å². The SMILES string of the molecule is CCOC(=O)CSCC(=O)Nc1cc(N)ccc1Cl. The normalized spacial score (nSPS) is 10.0. The van der Waals surface area contributed by atoms with Gasteiger partial charge in [-0.05, 0) is 25.1 Å². The Bertz CT molecular complexity index is 468. The highest BCUT2D eigenvalue weighted by Gasteiger charge is 2.08. The first-order chi connectivity index (χ1) is 9.02. The van der Waals surface area contributed by atoms with Crippen LogP contribution < -0.4 is 11.1 Å². The smallest absolute Gasteiger partial charge is 0.315 e. The lowest BCUT2D eigenvalue weighted by Gasteiger charge is -2.07. The van der Waals surface area contributed by atoms with Crippen molar-refractivity contribution in [2.45, 2.75) is 6.92 Å². The highest BCUT2D eigenvalue weighted by molar-refractivity contribution is 8.00. The standard InChI is InChI=1S/C12H15ClN2O3S/c1-2-18-12(17)7-19-6-11(16)15-10-5-8(14)3-4-9(10)13/h3-5H,2,6-7,14H2,1H3,(H,15,16). The molecule has 1 aromatic rings. The maximum Gasteiger partial charge on any atom is 0.315 e. The first-order valence-electron chi connectivity index (χ1n) is 5.61. The molecule has 7 heteroatoms. The van der Waals surface area contributed by atoms with Gasteiger partial charge in [-0.3, -0.25) is 9.59 Å². The van der Waals surface area contributed by atoms with E-state index in [4.69, 9.17) is 22.1 Å². The Morgan fingerprint density at radius 3 is 2.84 bits per heavy atom. The molecule has 0 radical (unpaired) electrons. The summed E-state index contributed by atoms with van der Waals surface area (Å²) in [6, 6.07) is 4.84. The third kappa shape index (κ3) is 5.85. The minimum absolute atomic E-state index is 0.143. The van der Waals surface area contributed by atoms with E-state index in [2.05, 4.69) is 5.32 Å². The van der Waals surface area contributed by atoms with E-state index in [0.29, 0.717) is 23.0 Å². The largest absolute Gasteiger partial charge is 0.465 e. The van der Waals surface area contributed by atoms with Crippen LogP contribution in [0.1, 0.15) is 6.92 Å². The molecule has 19 heavy (non-hydrogen) atoms. The van der Waals surface area contributed by atoms with Crippen LogP contribution in [0.3, 0.4) is 0 Å². The molecular weight excluding hydrogens is 288 g/mol. The van der Waals surface area contributed by atoms with Gasteiger partial charge in [0.25, 0.3) is 0 Å². The number of benzene rings is 1. The van der Waals surface area contributed by atoms with E-state index < -0.39 is 0 Å². The van der Waals surface area contributed by atoms with Crippen molar-refractivity contribution in [2.75, 3.05) is 29.2 Å². The zero-order chi connectivity index (χ0) is 14.3. The predicted molar refractivity (Wildman–Crippen MR) is 78.5 cm³/mol. The van der Waals surface area contributed by atoms with Crippen LogP contribution in [0.15, 0.2) is 18.2 Å². The van der Waals surface area contributed by atoms with E-state index >= 15 is 0 Å². The molecule has 104 valence electrons. The number of esters is 1. The highest BCUT2D eigenvalue weighted by Crippen LogP contribution is 2.24. The molecule has 1 rings (SSSR count). The third-order valence-electron chi connectivity index (χ3n) is 2.02. The summed E-state index contributed by atoms with van der Waals surface area (Å²) in [5.74, 6) is -0.292. The molecule has 0 aliphatic carbocycles. The molecule has 3 N–H and O–H groups in total. The molecule has 0 fully saturated rings. The number of nitrogen functional groups attached to an aromatic ring is 1. The van der Waals surface area contributed by atoms with Gasteiger partial charge in [-0.2, -0.15) is 0 Å². The molecule has 0 aliphatic heterocycles. The van der Waals surface area contributed by atoms with Crippen molar-refractivity contribution in [3.8, 4) is 0 Å². The molecule has 1 aromatic carbocycles. The Labute approximate surface area is 120 Å². The molecule has 0 saturated heterocycles. The van der Waals surface area contributed by atoms with Crippen molar-refractivity contribution in [3.63, 3.8) is 0 Å². The Morgan fingerprint density at radius 1 is 1.42 bits per heavy atom. The summed E-state index contributed by atoms with van der Waals surface area (Å²) in [7, 11) is 0. The minimum Gasteiger partial charge on any atom is -0.465 e. The Morgan fingerprint density at radius 2 is 2.16 bits per heavy atom. The lowest BCUT2D eigenvalue weighted by atomic mass is 10.3. The van der Waals surface area contributed by atoms with Gasteiger partial charge in [0.1, 0.15) is 0 Å². The Hall–Kier alpha value is -1.40. The average molecular weight is 303 g/mol. The van der Waals surface area contributed by atoms with Crippen LogP contribution in [0.25, 0.3) is 0 Å². The van der Waals surface area contributed by atoms with Gasteiger partial charge >= 0.3 is 5.97 Å². The number of ether oxygens (including phenoxy) is 1. The number of rotatable bonds is 6. The Kier molecular flexibility index (Phi) is 6.52. The van der Waals surface area contributed by atoms with Crippen LogP contribution in [0, 0.1) is 0 Å². The van der Waals surface area contributed by atoms with Crippen molar-refractivity contribution in [2.24, 2.45) is 0 Å². The predicted octanol–water partition coefficient (Wildman–Crippen LogP) is 2.16. The zero-order valence-electron chi connectivity index (χ0n) is 10.4. The van der Waals surface area contributed by atoms with Gasteiger partial charge < -0.3 is 15.8 Å². The van der Waals surface area contributed by atoms with Crippen molar-refractivity contribution < 1.29 is 14.3 Å². The summed E-state index contributed by atoms with van der Waals surface area (Å²) < 4.78 is 4.75. The fourth-order valence-electron chi connectivity index (χ4n) is 1.25. The van der Waals surface area contributed by atoms with Gasteiger partial charge in [-0.15, -0.1) is 11.8 Å². The van der Waals surface area contributed by atoms with Crippen molar-refractivity contribution >= 4 is 46.6 Å². The molecule has 0 atom stereocenters. The first kappa shape index (κ1) is 15.7. The van der Waals surface area contributed by atoms with E-state index in [0.717, 1.165) is 0 Å². The zero-order valence-corrected chi connectivity index (χ0v) is 12.0. The number of hydrogen-bond donors (Lipinski definition) is 2. The number of amides is 1. The summed E-state index contributed by atoms with van der Waals surface area (Å²) >= 11 is 7.09. The molecule has 0 bridgehead atoms. The van der Waals surface area contributed by atoms with Gasteiger partial charge in [0.15, 0.2) is 0 Å². The molecule has 1 amide bonds. The van der Waals surface area contributed by atoms with Crippen LogP contribution in [0.4, 0.5) is 11.4 Å². The molecular formula is C12H15ClN2O3S. The summed E-state index contributed by atoms with van der Waals surface area (Å²) in [6.07, 6.45) is 0. The fraction of sp³-hybridized carbons (Fsp3) is 0.333. The van der Waals surface area contributed by atoms with Gasteiger partial charge in [0.05, 0.1) is 28.8 Å². The second-order valence-electron chi connectivity index (χ2n) is 3.59. The van der Waals surface area contributed by atoms with E-state index in [1.54, 1.807) is 25.1 Å². The van der Waals surface area contributed by atoms with E-state index in [1.807, 2.05) is 0 Å². The molecule has 0 aromatic heterocycles. The van der Waals surface area contributed by atoms with Crippen LogP contribution >= 0.6 is 23.4 Å². The summed E-state index contributed by atoms with van der Waals surface area (Å²) in [5.41, 5.74) is 6.57. The van der Waals surface area contributed by atoms with Gasteiger partial charge in [-0.1, -0.05) is 11.6 Å². The molecule has 0 heterocycles. The topological polar surface area (TPSA) is 81.4 Å². The van der Waals surface area contributed by atoms with Crippen LogP contribution in [0.2, 0.25) is 5.02 Å². The number of halogens is 1. The lowest BCUT2D eigenvalue weighted by Crippen LogP contribution is -2.16. The van der Waals surface area contributed by atoms with Crippen molar-refractivity contribution in [1.29, 1.82) is 0 Å². The van der Waals surface area contributed by atoms with Crippen molar-refractivity contribution in [3.05, 3.63) is 23.2 Å². The number of carbonyl (C=O) groups is 2. The fourth-order valence-corrected chi connectivity index (χ4v) is 2.03. The maximum absolute atomic E-state index is 11.6. The van der Waals surface area contributed by atoms with Gasteiger partial charge in [0, 0.05) is 5.69 Å². The minimum atomic E-state index is -0.331. The number of anilines is 2. The van der Waals surface area contributed by atoms with Gasteiger partial charge in [0.2, 0.25) is 5.91 Å². The molecule has 0 saturated carbocycles. The number of hydrogen-bond acceptors (Lipinski definition) is 5. The van der Waals surface area contributed by atoms with E-state index in [9.17, 15) is 9.59 Å². The highest BCUT2D eigenvalue weighted by atomic mass is 35.5. The van der Waals surface area contributed by atoms with Crippen LogP contribution in [-0.4, -0.2) is 30.0 Å². The maximum atomic E-state index is 11.6. The van der Waals surface area contributed by atoms with E-state index in [1.165, 1.54) is 11.8 Å². The second kappa shape index (κ2) is 7.91. The first-order valence-corrected chi connectivity index (χ1v) is 7.14. The molecule has 5 nitrogen and oxygen atoms in total. The number of thioether (sulfide) groups is 1. The van der Waals surface area contributed by atoms with E-state index in [-0.39, 0.29) is 23.4 Å². The average Bonchev–Trinajstić information content (AvgIpc) is 2.34. The summed E-state index contributed by atoms with van der Waals surface area (Å²) in [4.78, 5) is 22.7. The summed E-state index contributed by atoms with van der Waals surface area (Å²) in [6.45, 7) is 2.07. The summed E-state index contributed by atoms with van der Waals surface area (Å²) in [5, 5.41) is 3.05. The number of nitrogens with one attached hydrogen (secondary N) is 1. The number of nitrogens with two attached hydrogens (primary N) is 1. The number of carbonyl (C=O) groups excluding carboxylic acids is 2. The molecule has 0 unspecified atom stereocenters. The quantitative estimate of drug-likeness (QED) is 0.621. The van der Waals surface area contributed by atoms with Gasteiger partial charge in [-0.25, -0.2) is 0 Å². The Balaban J connectivity index is 2.39. The second-order valence-corrected chi connectivity index (χ2v) is 4.98. The van der Waals surface area contributed by atoms with Crippen LogP contribution in [0.5, 0.6) is 0 Å². The third-order valence-corrected chi connectivity index (χ3v) is 3.26. The molecule has 0 aliphatic rings. The monoisotopic (exact) mass is 302 g/mol.